The third kappa shape index (κ3) is 3.38. The molecular weight excluding hydrogens is 282 g/mol. The van der Waals surface area contributed by atoms with Crippen LogP contribution in [0.3, 0.4) is 0 Å². The normalized spacial score (nSPS) is 11.8. The summed E-state index contributed by atoms with van der Waals surface area (Å²) in [6.07, 6.45) is 0.205. The smallest absolute Gasteiger partial charge is 0.320 e. The fourth-order valence-electron chi connectivity index (χ4n) is 2.31. The van der Waals surface area contributed by atoms with Crippen molar-refractivity contribution in [1.82, 2.24) is 0 Å². The minimum atomic E-state index is -1.04. The van der Waals surface area contributed by atoms with Crippen molar-refractivity contribution < 1.29 is 19.4 Å². The third-order valence-corrected chi connectivity index (χ3v) is 3.40. The fraction of sp³-hybridized carbons (Fsp3) is 0.235. The van der Waals surface area contributed by atoms with Gasteiger partial charge in [0.1, 0.15) is 17.5 Å². The monoisotopic (exact) mass is 301 g/mol. The summed E-state index contributed by atoms with van der Waals surface area (Å²) in [4.78, 5) is 10.9. The van der Waals surface area contributed by atoms with Crippen LogP contribution in [0, 0.1) is 0 Å². The van der Waals surface area contributed by atoms with Crippen molar-refractivity contribution in [3.05, 3.63) is 48.0 Å². The molecule has 0 aliphatic carbocycles. The van der Waals surface area contributed by atoms with Crippen LogP contribution in [0.2, 0.25) is 0 Å². The highest BCUT2D eigenvalue weighted by Crippen LogP contribution is 2.39. The molecule has 0 saturated heterocycles. The molecule has 2 aromatic rings. The molecule has 0 radical (unpaired) electrons. The molecule has 3 N–H and O–H groups in total. The summed E-state index contributed by atoms with van der Waals surface area (Å²) in [5, 5.41) is 8.94. The van der Waals surface area contributed by atoms with Crippen LogP contribution < -0.4 is 15.2 Å². The molecule has 0 heterocycles. The lowest BCUT2D eigenvalue weighted by Crippen LogP contribution is -2.32. The number of nitrogens with two attached hydrogens (primary N) is 1. The Bertz CT molecular complexity index is 630. The molecule has 5 nitrogen and oxygen atoms in total. The van der Waals surface area contributed by atoms with Crippen LogP contribution in [0.25, 0.3) is 11.1 Å². The van der Waals surface area contributed by atoms with Crippen LogP contribution in [-0.4, -0.2) is 31.3 Å². The third-order valence-electron chi connectivity index (χ3n) is 3.40. The second kappa shape index (κ2) is 6.95. The molecule has 0 amide bonds. The van der Waals surface area contributed by atoms with E-state index in [1.165, 1.54) is 0 Å². The van der Waals surface area contributed by atoms with Crippen molar-refractivity contribution in [3.63, 3.8) is 0 Å². The Balaban J connectivity index is 2.49. The van der Waals surface area contributed by atoms with E-state index in [9.17, 15) is 4.79 Å². The average Bonchev–Trinajstić information content (AvgIpc) is 2.54. The van der Waals surface area contributed by atoms with Crippen molar-refractivity contribution in [2.75, 3.05) is 14.2 Å². The largest absolute Gasteiger partial charge is 0.496 e. The van der Waals surface area contributed by atoms with Gasteiger partial charge in [-0.3, -0.25) is 4.79 Å². The zero-order valence-corrected chi connectivity index (χ0v) is 12.6. The van der Waals surface area contributed by atoms with Crippen LogP contribution >= 0.6 is 0 Å². The van der Waals surface area contributed by atoms with E-state index in [0.717, 1.165) is 16.7 Å². The summed E-state index contributed by atoms with van der Waals surface area (Å²) in [7, 11) is 3.14. The van der Waals surface area contributed by atoms with Gasteiger partial charge < -0.3 is 20.3 Å². The van der Waals surface area contributed by atoms with Gasteiger partial charge in [-0.2, -0.15) is 0 Å². The number of hydrogen-bond acceptors (Lipinski definition) is 4. The molecule has 0 fully saturated rings. The molecular formula is C17H19NO4. The average molecular weight is 301 g/mol. The van der Waals surface area contributed by atoms with Crippen LogP contribution in [0.1, 0.15) is 5.56 Å². The Morgan fingerprint density at radius 2 is 1.68 bits per heavy atom. The quantitative estimate of drug-likeness (QED) is 0.855. The Kier molecular flexibility index (Phi) is 5.01. The molecule has 2 aromatic carbocycles. The summed E-state index contributed by atoms with van der Waals surface area (Å²) in [6, 6.07) is 12.4. The molecule has 2 rings (SSSR count). The van der Waals surface area contributed by atoms with E-state index in [-0.39, 0.29) is 6.42 Å². The minimum Gasteiger partial charge on any atom is -0.496 e. The fourth-order valence-corrected chi connectivity index (χ4v) is 2.31. The van der Waals surface area contributed by atoms with Crippen molar-refractivity contribution in [1.29, 1.82) is 0 Å². The van der Waals surface area contributed by atoms with Gasteiger partial charge >= 0.3 is 5.97 Å². The molecule has 0 aliphatic rings. The maximum atomic E-state index is 10.9. The SMILES string of the molecule is COc1cc(C[C@H](N)C(=O)O)cc(OC)c1-c1ccccc1. The number of benzene rings is 2. The summed E-state index contributed by atoms with van der Waals surface area (Å²) in [5.41, 5.74) is 8.15. The molecule has 5 heteroatoms. The topological polar surface area (TPSA) is 81.8 Å². The molecule has 0 saturated carbocycles. The standard InChI is InChI=1S/C17H19NO4/c1-21-14-9-11(8-13(18)17(19)20)10-15(22-2)16(14)12-6-4-3-5-7-12/h3-7,9-10,13H,8,18H2,1-2H3,(H,19,20)/t13-/m0/s1. The molecule has 0 bridgehead atoms. The number of carboxylic acid groups (broad SMARTS) is 1. The van der Waals surface area contributed by atoms with Crippen LogP contribution in [0.15, 0.2) is 42.5 Å². The van der Waals surface area contributed by atoms with E-state index in [0.29, 0.717) is 11.5 Å². The van der Waals surface area contributed by atoms with Crippen LogP contribution in [-0.2, 0) is 11.2 Å². The summed E-state index contributed by atoms with van der Waals surface area (Å²) in [5.74, 6) is 0.210. The molecule has 1 atom stereocenters. The number of ether oxygens (including phenoxy) is 2. The van der Waals surface area contributed by atoms with Crippen molar-refractivity contribution in [2.45, 2.75) is 12.5 Å². The van der Waals surface area contributed by atoms with Crippen molar-refractivity contribution in [3.8, 4) is 22.6 Å². The van der Waals surface area contributed by atoms with Gasteiger partial charge in [-0.05, 0) is 29.7 Å². The number of carbonyl (C=O) groups is 1. The van der Waals surface area contributed by atoms with Crippen LogP contribution in [0.5, 0.6) is 11.5 Å². The first-order chi connectivity index (χ1) is 10.6. The lowest BCUT2D eigenvalue weighted by Gasteiger charge is -2.16. The Morgan fingerprint density at radius 3 is 2.14 bits per heavy atom. The van der Waals surface area contributed by atoms with E-state index < -0.39 is 12.0 Å². The molecule has 0 unspecified atom stereocenters. The van der Waals surface area contributed by atoms with Gasteiger partial charge in [-0.25, -0.2) is 0 Å². The number of carboxylic acids is 1. The molecule has 116 valence electrons. The highest BCUT2D eigenvalue weighted by atomic mass is 16.5. The number of hydrogen-bond donors (Lipinski definition) is 2. The minimum absolute atomic E-state index is 0.205. The van der Waals surface area contributed by atoms with E-state index >= 15 is 0 Å². The first-order valence-corrected chi connectivity index (χ1v) is 6.85. The zero-order valence-electron chi connectivity index (χ0n) is 12.6. The highest BCUT2D eigenvalue weighted by Gasteiger charge is 2.18. The maximum Gasteiger partial charge on any atom is 0.320 e. The Morgan fingerprint density at radius 1 is 1.14 bits per heavy atom. The summed E-state index contributed by atoms with van der Waals surface area (Å²) in [6.45, 7) is 0. The second-order valence-corrected chi connectivity index (χ2v) is 4.89. The van der Waals surface area contributed by atoms with Gasteiger partial charge in [0.25, 0.3) is 0 Å². The Hall–Kier alpha value is -2.53. The predicted molar refractivity (Wildman–Crippen MR) is 84.3 cm³/mol. The molecule has 22 heavy (non-hydrogen) atoms. The summed E-state index contributed by atoms with van der Waals surface area (Å²) < 4.78 is 10.9. The number of aliphatic carboxylic acids is 1. The van der Waals surface area contributed by atoms with E-state index in [4.69, 9.17) is 20.3 Å². The van der Waals surface area contributed by atoms with Gasteiger partial charge in [-0.15, -0.1) is 0 Å². The second-order valence-electron chi connectivity index (χ2n) is 4.89. The van der Waals surface area contributed by atoms with Crippen molar-refractivity contribution >= 4 is 5.97 Å². The van der Waals surface area contributed by atoms with Crippen molar-refractivity contribution in [2.24, 2.45) is 5.73 Å². The number of rotatable bonds is 6. The number of methoxy groups -OCH3 is 2. The Labute approximate surface area is 129 Å². The van der Waals surface area contributed by atoms with E-state index in [1.54, 1.807) is 26.4 Å². The lowest BCUT2D eigenvalue weighted by molar-refractivity contribution is -0.138. The zero-order chi connectivity index (χ0) is 16.1. The summed E-state index contributed by atoms with van der Waals surface area (Å²) >= 11 is 0. The lowest BCUT2D eigenvalue weighted by atomic mass is 9.98. The first-order valence-electron chi connectivity index (χ1n) is 6.85. The maximum absolute atomic E-state index is 10.9. The van der Waals surface area contributed by atoms with Gasteiger partial charge in [0, 0.05) is 0 Å². The van der Waals surface area contributed by atoms with Gasteiger partial charge in [0.05, 0.1) is 19.8 Å². The van der Waals surface area contributed by atoms with Gasteiger partial charge in [0.15, 0.2) is 0 Å². The van der Waals surface area contributed by atoms with Gasteiger partial charge in [-0.1, -0.05) is 30.3 Å². The highest BCUT2D eigenvalue weighted by molar-refractivity contribution is 5.78. The van der Waals surface area contributed by atoms with E-state index in [2.05, 4.69) is 0 Å². The molecule has 0 aromatic heterocycles. The molecule has 0 aliphatic heterocycles. The molecule has 0 spiro atoms. The first kappa shape index (κ1) is 15.9. The van der Waals surface area contributed by atoms with Gasteiger partial charge in [0.2, 0.25) is 0 Å². The predicted octanol–water partition coefficient (Wildman–Crippen LogP) is 2.33. The van der Waals surface area contributed by atoms with E-state index in [1.807, 2.05) is 30.3 Å². The van der Waals surface area contributed by atoms with Crippen LogP contribution in [0.4, 0.5) is 0 Å².